The molecule has 86 valence electrons. The van der Waals surface area contributed by atoms with Crippen molar-refractivity contribution in [2.45, 2.75) is 40.3 Å². The molecule has 4 heteroatoms. The molecule has 2 N–H and O–H groups in total. The summed E-state index contributed by atoms with van der Waals surface area (Å²) in [5, 5.41) is 13.6. The highest BCUT2D eigenvalue weighted by Crippen LogP contribution is 2.16. The van der Waals surface area contributed by atoms with E-state index in [1.165, 1.54) is 4.88 Å². The summed E-state index contributed by atoms with van der Waals surface area (Å²) in [5.74, 6) is 0.442. The van der Waals surface area contributed by atoms with Crippen molar-refractivity contribution in [1.82, 2.24) is 10.3 Å². The maximum atomic E-state index is 9.15. The Morgan fingerprint density at radius 3 is 2.47 bits per heavy atom. The topological polar surface area (TPSA) is 45.2 Å². The Morgan fingerprint density at radius 1 is 1.40 bits per heavy atom. The molecule has 0 aliphatic heterocycles. The summed E-state index contributed by atoms with van der Waals surface area (Å²) in [7, 11) is 0. The van der Waals surface area contributed by atoms with Crippen LogP contribution in [0.4, 0.5) is 0 Å². The first-order valence-electron chi connectivity index (χ1n) is 5.31. The van der Waals surface area contributed by atoms with Crippen molar-refractivity contribution in [3.63, 3.8) is 0 Å². The number of aryl methyl sites for hydroxylation is 2. The second-order valence-electron chi connectivity index (χ2n) is 4.16. The van der Waals surface area contributed by atoms with E-state index in [1.807, 2.05) is 6.92 Å². The van der Waals surface area contributed by atoms with Gasteiger partial charge in [0.25, 0.3) is 0 Å². The summed E-state index contributed by atoms with van der Waals surface area (Å²) in [4.78, 5) is 5.73. The van der Waals surface area contributed by atoms with Crippen LogP contribution in [0.5, 0.6) is 0 Å². The lowest BCUT2D eigenvalue weighted by Gasteiger charge is -2.18. The monoisotopic (exact) mass is 228 g/mol. The fourth-order valence-corrected chi connectivity index (χ4v) is 2.23. The zero-order chi connectivity index (χ0) is 11.4. The Labute approximate surface area is 95.6 Å². The van der Waals surface area contributed by atoms with Crippen LogP contribution in [0.3, 0.4) is 0 Å². The molecule has 0 saturated heterocycles. The Balaban J connectivity index is 2.49. The second kappa shape index (κ2) is 5.58. The fourth-order valence-electron chi connectivity index (χ4n) is 1.34. The minimum Gasteiger partial charge on any atom is -0.395 e. The summed E-state index contributed by atoms with van der Waals surface area (Å²) in [6.07, 6.45) is 0. The van der Waals surface area contributed by atoms with Gasteiger partial charge in [0.1, 0.15) is 5.01 Å². The molecule has 1 aromatic rings. The van der Waals surface area contributed by atoms with Crippen LogP contribution >= 0.6 is 11.3 Å². The van der Waals surface area contributed by atoms with Crippen molar-refractivity contribution in [2.75, 3.05) is 6.61 Å². The van der Waals surface area contributed by atoms with E-state index < -0.39 is 0 Å². The van der Waals surface area contributed by atoms with Gasteiger partial charge in [-0.3, -0.25) is 0 Å². The maximum absolute atomic E-state index is 9.15. The Bertz CT molecular complexity index is 290. The van der Waals surface area contributed by atoms with Crippen molar-refractivity contribution in [3.05, 3.63) is 15.6 Å². The summed E-state index contributed by atoms with van der Waals surface area (Å²) in [6, 6.07) is 0.162. The highest BCUT2D eigenvalue weighted by atomic mass is 32.1. The van der Waals surface area contributed by atoms with Crippen molar-refractivity contribution in [2.24, 2.45) is 5.92 Å². The molecule has 0 spiro atoms. The number of aliphatic hydroxyl groups excluding tert-OH is 1. The molecule has 1 rings (SSSR count). The number of aliphatic hydroxyl groups is 1. The van der Waals surface area contributed by atoms with Gasteiger partial charge in [-0.15, -0.1) is 11.3 Å². The van der Waals surface area contributed by atoms with Crippen LogP contribution in [-0.4, -0.2) is 22.7 Å². The number of hydrogen-bond acceptors (Lipinski definition) is 4. The van der Waals surface area contributed by atoms with Crippen molar-refractivity contribution < 1.29 is 5.11 Å². The third kappa shape index (κ3) is 3.55. The lowest BCUT2D eigenvalue weighted by molar-refractivity contribution is 0.210. The molecule has 1 heterocycles. The largest absolute Gasteiger partial charge is 0.395 e. The van der Waals surface area contributed by atoms with E-state index in [1.54, 1.807) is 11.3 Å². The molecular weight excluding hydrogens is 208 g/mol. The van der Waals surface area contributed by atoms with E-state index in [-0.39, 0.29) is 12.6 Å². The van der Waals surface area contributed by atoms with Gasteiger partial charge in [0.15, 0.2) is 0 Å². The summed E-state index contributed by atoms with van der Waals surface area (Å²) in [6.45, 7) is 9.26. The van der Waals surface area contributed by atoms with E-state index in [4.69, 9.17) is 5.11 Å². The molecule has 1 aromatic heterocycles. The van der Waals surface area contributed by atoms with Gasteiger partial charge >= 0.3 is 0 Å². The Kier molecular flexibility index (Phi) is 4.70. The van der Waals surface area contributed by atoms with E-state index in [2.05, 4.69) is 31.1 Å². The van der Waals surface area contributed by atoms with Crippen LogP contribution in [0.15, 0.2) is 0 Å². The van der Waals surface area contributed by atoms with Crippen LogP contribution in [0.2, 0.25) is 0 Å². The predicted molar refractivity (Wildman–Crippen MR) is 64.1 cm³/mol. The molecule has 0 fully saturated rings. The Hall–Kier alpha value is -0.450. The van der Waals surface area contributed by atoms with Crippen LogP contribution in [-0.2, 0) is 6.54 Å². The minimum atomic E-state index is 0.162. The van der Waals surface area contributed by atoms with Gasteiger partial charge < -0.3 is 10.4 Å². The lowest BCUT2D eigenvalue weighted by atomic mass is 10.1. The van der Waals surface area contributed by atoms with Crippen molar-refractivity contribution in [3.8, 4) is 0 Å². The third-order valence-corrected chi connectivity index (χ3v) is 3.66. The number of thiazole rings is 1. The smallest absolute Gasteiger partial charge is 0.107 e. The molecular formula is C11H20N2OS. The average Bonchev–Trinajstić information content (AvgIpc) is 2.47. The van der Waals surface area contributed by atoms with Gasteiger partial charge in [-0.2, -0.15) is 0 Å². The summed E-state index contributed by atoms with van der Waals surface area (Å²) >= 11 is 1.72. The molecule has 0 aliphatic rings. The van der Waals surface area contributed by atoms with E-state index in [0.29, 0.717) is 5.92 Å². The minimum absolute atomic E-state index is 0.162. The highest BCUT2D eigenvalue weighted by Gasteiger charge is 2.12. The number of hydrogen-bond donors (Lipinski definition) is 2. The molecule has 3 nitrogen and oxygen atoms in total. The average molecular weight is 228 g/mol. The van der Waals surface area contributed by atoms with Crippen molar-refractivity contribution in [1.29, 1.82) is 0 Å². The molecule has 0 aromatic carbocycles. The van der Waals surface area contributed by atoms with Gasteiger partial charge in [0, 0.05) is 17.5 Å². The van der Waals surface area contributed by atoms with E-state index in [9.17, 15) is 0 Å². The van der Waals surface area contributed by atoms with Crippen LogP contribution < -0.4 is 5.32 Å². The van der Waals surface area contributed by atoms with Gasteiger partial charge in [0.05, 0.1) is 12.3 Å². The number of nitrogens with one attached hydrogen (secondary N) is 1. The van der Waals surface area contributed by atoms with Crippen LogP contribution in [0, 0.1) is 19.8 Å². The number of aromatic nitrogens is 1. The molecule has 0 amide bonds. The van der Waals surface area contributed by atoms with E-state index >= 15 is 0 Å². The van der Waals surface area contributed by atoms with Gasteiger partial charge in [0.2, 0.25) is 0 Å². The standard InChI is InChI=1S/C11H20N2OS/c1-7(2)10(6-14)12-5-11-13-8(3)9(4)15-11/h7,10,12,14H,5-6H2,1-4H3/t10-/m1/s1. The van der Waals surface area contributed by atoms with Gasteiger partial charge in [-0.25, -0.2) is 4.98 Å². The first-order chi connectivity index (χ1) is 7.04. The quantitative estimate of drug-likeness (QED) is 0.808. The highest BCUT2D eigenvalue weighted by molar-refractivity contribution is 7.11. The normalized spacial score (nSPS) is 13.5. The first-order valence-corrected chi connectivity index (χ1v) is 6.13. The third-order valence-electron chi connectivity index (χ3n) is 2.59. The van der Waals surface area contributed by atoms with Crippen molar-refractivity contribution >= 4 is 11.3 Å². The van der Waals surface area contributed by atoms with Crippen LogP contribution in [0.25, 0.3) is 0 Å². The fraction of sp³-hybridized carbons (Fsp3) is 0.727. The summed E-state index contributed by atoms with van der Waals surface area (Å²) < 4.78 is 0. The zero-order valence-electron chi connectivity index (χ0n) is 9.87. The molecule has 0 saturated carbocycles. The molecule has 0 aliphatic carbocycles. The number of rotatable bonds is 5. The molecule has 15 heavy (non-hydrogen) atoms. The molecule has 0 bridgehead atoms. The van der Waals surface area contributed by atoms with Gasteiger partial charge in [-0.05, 0) is 19.8 Å². The zero-order valence-corrected chi connectivity index (χ0v) is 10.7. The van der Waals surface area contributed by atoms with Crippen LogP contribution in [0.1, 0.15) is 29.4 Å². The first kappa shape index (κ1) is 12.6. The van der Waals surface area contributed by atoms with Gasteiger partial charge in [-0.1, -0.05) is 13.8 Å². The predicted octanol–water partition coefficient (Wildman–Crippen LogP) is 1.87. The summed E-state index contributed by atoms with van der Waals surface area (Å²) in [5.41, 5.74) is 1.11. The molecule has 0 unspecified atom stereocenters. The Morgan fingerprint density at radius 2 is 2.07 bits per heavy atom. The SMILES string of the molecule is Cc1nc(CN[C@H](CO)C(C)C)sc1C. The van der Waals surface area contributed by atoms with E-state index in [0.717, 1.165) is 17.2 Å². The maximum Gasteiger partial charge on any atom is 0.107 e. The number of nitrogens with zero attached hydrogens (tertiary/aromatic N) is 1. The lowest BCUT2D eigenvalue weighted by Crippen LogP contribution is -2.36. The second-order valence-corrected chi connectivity index (χ2v) is 5.45. The molecule has 0 radical (unpaired) electrons. The molecule has 1 atom stereocenters.